The number of esters is 1. The second-order valence-electron chi connectivity index (χ2n) is 4.84. The summed E-state index contributed by atoms with van der Waals surface area (Å²) < 4.78 is 4.98. The molecule has 18 heavy (non-hydrogen) atoms. The first-order valence-electron chi connectivity index (χ1n) is 6.72. The first kappa shape index (κ1) is 13.1. The van der Waals surface area contributed by atoms with Crippen molar-refractivity contribution in [1.82, 2.24) is 0 Å². The molecule has 0 saturated carbocycles. The van der Waals surface area contributed by atoms with Crippen LogP contribution in [-0.4, -0.2) is 19.1 Å². The van der Waals surface area contributed by atoms with Gasteiger partial charge in [0.25, 0.3) is 0 Å². The van der Waals surface area contributed by atoms with E-state index in [1.807, 2.05) is 13.0 Å². The van der Waals surface area contributed by atoms with Gasteiger partial charge in [0.1, 0.15) is 0 Å². The van der Waals surface area contributed by atoms with Crippen molar-refractivity contribution in [3.8, 4) is 0 Å². The molecule has 0 amide bonds. The average molecular weight is 247 g/mol. The van der Waals surface area contributed by atoms with Crippen LogP contribution < -0.4 is 5.73 Å². The van der Waals surface area contributed by atoms with Gasteiger partial charge in [0.15, 0.2) is 0 Å². The summed E-state index contributed by atoms with van der Waals surface area (Å²) in [4.78, 5) is 11.5. The van der Waals surface area contributed by atoms with Crippen LogP contribution in [0.3, 0.4) is 0 Å². The molecule has 2 rings (SSSR count). The van der Waals surface area contributed by atoms with Crippen LogP contribution in [0.25, 0.3) is 0 Å². The first-order valence-corrected chi connectivity index (χ1v) is 6.72. The largest absolute Gasteiger partial charge is 0.466 e. The van der Waals surface area contributed by atoms with Crippen LogP contribution in [0.15, 0.2) is 18.2 Å². The Labute approximate surface area is 108 Å². The van der Waals surface area contributed by atoms with Crippen LogP contribution in [0, 0.1) is 0 Å². The van der Waals surface area contributed by atoms with E-state index in [0.29, 0.717) is 25.5 Å². The lowest BCUT2D eigenvalue weighted by molar-refractivity contribution is -0.142. The van der Waals surface area contributed by atoms with Crippen molar-refractivity contribution in [3.63, 3.8) is 0 Å². The average Bonchev–Trinajstić information content (AvgIpc) is 2.38. The zero-order valence-electron chi connectivity index (χ0n) is 10.9. The van der Waals surface area contributed by atoms with Gasteiger partial charge >= 0.3 is 5.97 Å². The van der Waals surface area contributed by atoms with Crippen LogP contribution in [0.5, 0.6) is 0 Å². The molecular formula is C15H21NO2. The van der Waals surface area contributed by atoms with E-state index >= 15 is 0 Å². The first-order chi connectivity index (χ1) is 8.74. The third kappa shape index (κ3) is 2.91. The van der Waals surface area contributed by atoms with Crippen molar-refractivity contribution >= 4 is 5.97 Å². The van der Waals surface area contributed by atoms with E-state index in [4.69, 9.17) is 10.5 Å². The number of ether oxygens (including phenoxy) is 1. The third-order valence-electron chi connectivity index (χ3n) is 3.59. The van der Waals surface area contributed by atoms with Crippen molar-refractivity contribution in [2.45, 2.75) is 38.5 Å². The van der Waals surface area contributed by atoms with Gasteiger partial charge in [-0.1, -0.05) is 18.2 Å². The summed E-state index contributed by atoms with van der Waals surface area (Å²) in [5.41, 5.74) is 9.59. The van der Waals surface area contributed by atoms with Gasteiger partial charge in [0.05, 0.1) is 13.0 Å². The lowest BCUT2D eigenvalue weighted by atomic mass is 9.82. The Morgan fingerprint density at radius 2 is 2.33 bits per heavy atom. The van der Waals surface area contributed by atoms with Crippen LogP contribution in [0.4, 0.5) is 0 Å². The molecule has 0 aliphatic heterocycles. The molecule has 1 unspecified atom stereocenters. The number of hydrogen-bond acceptors (Lipinski definition) is 3. The monoisotopic (exact) mass is 247 g/mol. The number of benzene rings is 1. The van der Waals surface area contributed by atoms with E-state index in [1.165, 1.54) is 17.5 Å². The van der Waals surface area contributed by atoms with Crippen LogP contribution in [0.1, 0.15) is 42.4 Å². The van der Waals surface area contributed by atoms with Crippen molar-refractivity contribution < 1.29 is 9.53 Å². The van der Waals surface area contributed by atoms with E-state index in [9.17, 15) is 4.79 Å². The summed E-state index contributed by atoms with van der Waals surface area (Å²) in [6, 6.07) is 6.32. The minimum Gasteiger partial charge on any atom is -0.466 e. The van der Waals surface area contributed by atoms with E-state index in [2.05, 4.69) is 12.1 Å². The van der Waals surface area contributed by atoms with Crippen LogP contribution in [-0.2, 0) is 22.4 Å². The minimum atomic E-state index is -0.155. The highest BCUT2D eigenvalue weighted by molar-refractivity contribution is 5.72. The number of rotatable bonds is 4. The Kier molecular flexibility index (Phi) is 4.37. The van der Waals surface area contributed by atoms with E-state index in [1.54, 1.807) is 0 Å². The van der Waals surface area contributed by atoms with Crippen molar-refractivity contribution in [2.24, 2.45) is 5.73 Å². The molecule has 2 N–H and O–H groups in total. The van der Waals surface area contributed by atoms with Crippen molar-refractivity contribution in [3.05, 3.63) is 34.9 Å². The SMILES string of the molecule is CCOC(=O)Cc1ccc2c(c1)C(CN)CCC2. The number of fused-ring (bicyclic) bond motifs is 1. The van der Waals surface area contributed by atoms with Gasteiger partial charge < -0.3 is 10.5 Å². The summed E-state index contributed by atoms with van der Waals surface area (Å²) in [5.74, 6) is 0.299. The highest BCUT2D eigenvalue weighted by atomic mass is 16.5. The Hall–Kier alpha value is -1.35. The summed E-state index contributed by atoms with van der Waals surface area (Å²) in [6.07, 6.45) is 3.86. The second kappa shape index (κ2) is 6.01. The smallest absolute Gasteiger partial charge is 0.310 e. The number of aryl methyl sites for hydroxylation is 1. The molecule has 0 saturated heterocycles. The predicted molar refractivity (Wildman–Crippen MR) is 71.5 cm³/mol. The van der Waals surface area contributed by atoms with Crippen LogP contribution >= 0.6 is 0 Å². The Bertz CT molecular complexity index is 429. The minimum absolute atomic E-state index is 0.155. The lowest BCUT2D eigenvalue weighted by Gasteiger charge is -2.25. The van der Waals surface area contributed by atoms with Crippen LogP contribution in [0.2, 0.25) is 0 Å². The lowest BCUT2D eigenvalue weighted by Crippen LogP contribution is -2.18. The van der Waals surface area contributed by atoms with Gasteiger partial charge in [-0.2, -0.15) is 0 Å². The summed E-state index contributed by atoms with van der Waals surface area (Å²) >= 11 is 0. The van der Waals surface area contributed by atoms with E-state index in [0.717, 1.165) is 18.4 Å². The molecule has 0 fully saturated rings. The Balaban J connectivity index is 2.17. The highest BCUT2D eigenvalue weighted by Gasteiger charge is 2.19. The normalized spacial score (nSPS) is 18.2. The summed E-state index contributed by atoms with van der Waals surface area (Å²) in [7, 11) is 0. The highest BCUT2D eigenvalue weighted by Crippen LogP contribution is 2.31. The maximum atomic E-state index is 11.5. The quantitative estimate of drug-likeness (QED) is 0.830. The molecule has 1 aromatic rings. The molecule has 0 bridgehead atoms. The molecule has 1 aromatic carbocycles. The van der Waals surface area contributed by atoms with Gasteiger partial charge in [-0.3, -0.25) is 4.79 Å². The third-order valence-corrected chi connectivity index (χ3v) is 3.59. The summed E-state index contributed by atoms with van der Waals surface area (Å²) in [6.45, 7) is 2.96. The molecule has 1 aliphatic carbocycles. The maximum Gasteiger partial charge on any atom is 0.310 e. The number of nitrogens with two attached hydrogens (primary N) is 1. The maximum absolute atomic E-state index is 11.5. The van der Waals surface area contributed by atoms with Gasteiger partial charge in [0, 0.05) is 0 Å². The van der Waals surface area contributed by atoms with Gasteiger partial charge in [0.2, 0.25) is 0 Å². The fourth-order valence-corrected chi connectivity index (χ4v) is 2.68. The Morgan fingerprint density at radius 3 is 3.06 bits per heavy atom. The topological polar surface area (TPSA) is 52.3 Å². The standard InChI is InChI=1S/C15H21NO2/c1-2-18-15(17)9-11-6-7-12-4-3-5-13(10-16)14(12)8-11/h6-8,13H,2-5,9-10,16H2,1H3. The molecular weight excluding hydrogens is 226 g/mol. The fraction of sp³-hybridized carbons (Fsp3) is 0.533. The van der Waals surface area contributed by atoms with Gasteiger partial charge in [-0.05, 0) is 55.3 Å². The molecule has 98 valence electrons. The van der Waals surface area contributed by atoms with E-state index in [-0.39, 0.29) is 5.97 Å². The Morgan fingerprint density at radius 1 is 1.50 bits per heavy atom. The van der Waals surface area contributed by atoms with Gasteiger partial charge in [-0.25, -0.2) is 0 Å². The predicted octanol–water partition coefficient (Wildman–Crippen LogP) is 2.17. The van der Waals surface area contributed by atoms with Crippen molar-refractivity contribution in [2.75, 3.05) is 13.2 Å². The molecule has 1 atom stereocenters. The zero-order chi connectivity index (χ0) is 13.0. The number of carbonyl (C=O) groups excluding carboxylic acids is 1. The summed E-state index contributed by atoms with van der Waals surface area (Å²) in [5, 5.41) is 0. The van der Waals surface area contributed by atoms with Crippen molar-refractivity contribution in [1.29, 1.82) is 0 Å². The molecule has 0 heterocycles. The molecule has 0 radical (unpaired) electrons. The second-order valence-corrected chi connectivity index (χ2v) is 4.84. The van der Waals surface area contributed by atoms with E-state index < -0.39 is 0 Å². The molecule has 1 aliphatic rings. The number of carbonyl (C=O) groups is 1. The molecule has 0 spiro atoms. The molecule has 3 heteroatoms. The molecule has 3 nitrogen and oxygen atoms in total. The fourth-order valence-electron chi connectivity index (χ4n) is 2.68. The van der Waals surface area contributed by atoms with Gasteiger partial charge in [-0.15, -0.1) is 0 Å². The molecule has 0 aromatic heterocycles. The number of hydrogen-bond donors (Lipinski definition) is 1. The zero-order valence-corrected chi connectivity index (χ0v) is 10.9.